The van der Waals surface area contributed by atoms with Crippen molar-refractivity contribution in [1.29, 1.82) is 0 Å². The molecule has 8 heteroatoms. The number of piperidine rings is 1. The van der Waals surface area contributed by atoms with Gasteiger partial charge in [-0.15, -0.1) is 0 Å². The summed E-state index contributed by atoms with van der Waals surface area (Å²) in [4.78, 5) is 18.8. The highest BCUT2D eigenvalue weighted by Gasteiger charge is 2.24. The molecular formula is C21H31F2N3O3. The highest BCUT2D eigenvalue weighted by atomic mass is 19.3. The van der Waals surface area contributed by atoms with E-state index in [-0.39, 0.29) is 11.7 Å². The number of carbonyl (C=O) groups is 1. The number of alkyl halides is 2. The van der Waals surface area contributed by atoms with Gasteiger partial charge in [0.2, 0.25) is 5.91 Å². The molecule has 2 aliphatic heterocycles. The number of hydrogen-bond acceptors (Lipinski definition) is 5. The first-order valence-electron chi connectivity index (χ1n) is 10.5. The molecule has 0 atom stereocenters. The molecule has 0 unspecified atom stereocenters. The Balaban J connectivity index is 1.53. The van der Waals surface area contributed by atoms with Gasteiger partial charge in [0.25, 0.3) is 0 Å². The van der Waals surface area contributed by atoms with Crippen LogP contribution < -0.4 is 9.47 Å². The van der Waals surface area contributed by atoms with E-state index in [1.807, 2.05) is 11.8 Å². The molecular weight excluding hydrogens is 380 g/mol. The van der Waals surface area contributed by atoms with Gasteiger partial charge >= 0.3 is 6.61 Å². The highest BCUT2D eigenvalue weighted by molar-refractivity contribution is 5.78. The second-order valence-electron chi connectivity index (χ2n) is 7.55. The molecule has 0 N–H and O–H groups in total. The topological polar surface area (TPSA) is 45.2 Å². The van der Waals surface area contributed by atoms with Gasteiger partial charge in [-0.05, 0) is 32.3 Å². The Labute approximate surface area is 171 Å². The number of benzene rings is 1. The van der Waals surface area contributed by atoms with Crippen LogP contribution in [-0.2, 0) is 11.3 Å². The minimum Gasteiger partial charge on any atom is -0.490 e. The minimum atomic E-state index is -2.90. The van der Waals surface area contributed by atoms with E-state index in [0.717, 1.165) is 52.1 Å². The molecule has 162 valence electrons. The Hall–Kier alpha value is -1.93. The molecule has 0 aromatic heterocycles. The number of nitrogens with zero attached hydrogens (tertiary/aromatic N) is 3. The monoisotopic (exact) mass is 411 g/mol. The zero-order valence-electron chi connectivity index (χ0n) is 17.1. The number of rotatable bonds is 8. The maximum atomic E-state index is 12.9. The summed E-state index contributed by atoms with van der Waals surface area (Å²) in [6, 6.07) is 5.24. The number of ether oxygens (including phenoxy) is 2. The molecule has 0 aliphatic carbocycles. The fourth-order valence-electron chi connectivity index (χ4n) is 3.96. The molecule has 1 aromatic rings. The lowest BCUT2D eigenvalue weighted by atomic mass is 10.1. The van der Waals surface area contributed by atoms with Crippen molar-refractivity contribution >= 4 is 5.91 Å². The van der Waals surface area contributed by atoms with Gasteiger partial charge in [0.15, 0.2) is 11.5 Å². The largest absolute Gasteiger partial charge is 0.490 e. The maximum Gasteiger partial charge on any atom is 0.387 e. The summed E-state index contributed by atoms with van der Waals surface area (Å²) in [6.07, 6.45) is 3.41. The third kappa shape index (κ3) is 6.27. The summed E-state index contributed by atoms with van der Waals surface area (Å²) in [7, 11) is 0. The number of halogens is 2. The molecule has 2 heterocycles. The van der Waals surface area contributed by atoms with Crippen LogP contribution in [0.2, 0.25) is 0 Å². The SMILES string of the molecule is CCOc1cccc(CN2CCN(CC(=O)N3CCCCC3)CC2)c1OC(F)F. The third-order valence-corrected chi connectivity index (χ3v) is 5.49. The van der Waals surface area contributed by atoms with Crippen molar-refractivity contribution in [1.82, 2.24) is 14.7 Å². The van der Waals surface area contributed by atoms with Crippen LogP contribution in [-0.4, -0.2) is 79.6 Å². The Morgan fingerprint density at radius 2 is 1.72 bits per heavy atom. The zero-order valence-corrected chi connectivity index (χ0v) is 17.1. The van der Waals surface area contributed by atoms with E-state index in [4.69, 9.17) is 9.47 Å². The van der Waals surface area contributed by atoms with E-state index in [1.54, 1.807) is 18.2 Å². The van der Waals surface area contributed by atoms with Crippen molar-refractivity contribution in [3.8, 4) is 11.5 Å². The first kappa shape index (κ1) is 21.8. The molecule has 0 radical (unpaired) electrons. The average Bonchev–Trinajstić information content (AvgIpc) is 2.72. The lowest BCUT2D eigenvalue weighted by Crippen LogP contribution is -2.50. The van der Waals surface area contributed by atoms with Gasteiger partial charge in [0.1, 0.15) is 0 Å². The molecule has 2 fully saturated rings. The second kappa shape index (κ2) is 10.7. The summed E-state index contributed by atoms with van der Waals surface area (Å²) in [6.45, 7) is 5.16. The minimum absolute atomic E-state index is 0.118. The van der Waals surface area contributed by atoms with Gasteiger partial charge in [-0.1, -0.05) is 12.1 Å². The molecule has 29 heavy (non-hydrogen) atoms. The molecule has 6 nitrogen and oxygen atoms in total. The van der Waals surface area contributed by atoms with Crippen molar-refractivity contribution in [2.45, 2.75) is 39.3 Å². The van der Waals surface area contributed by atoms with E-state index >= 15 is 0 Å². The summed E-state index contributed by atoms with van der Waals surface area (Å²) in [5.74, 6) is 0.679. The standard InChI is InChI=1S/C21H31F2N3O3/c1-2-28-18-8-6-7-17(20(18)29-21(22)23)15-24-11-13-25(14-12-24)16-19(27)26-9-4-3-5-10-26/h6-8,21H,2-5,9-16H2,1H3. The molecule has 3 rings (SSSR count). The van der Waals surface area contributed by atoms with Gasteiger partial charge in [-0.3, -0.25) is 14.6 Å². The van der Waals surface area contributed by atoms with Crippen LogP contribution in [0, 0.1) is 0 Å². The van der Waals surface area contributed by atoms with Crippen molar-refractivity contribution in [2.24, 2.45) is 0 Å². The van der Waals surface area contributed by atoms with E-state index in [1.165, 1.54) is 6.42 Å². The van der Waals surface area contributed by atoms with Gasteiger partial charge in [-0.25, -0.2) is 0 Å². The smallest absolute Gasteiger partial charge is 0.387 e. The number of para-hydroxylation sites is 1. The number of hydrogen-bond donors (Lipinski definition) is 0. The van der Waals surface area contributed by atoms with Gasteiger partial charge in [0, 0.05) is 51.4 Å². The third-order valence-electron chi connectivity index (χ3n) is 5.49. The van der Waals surface area contributed by atoms with Crippen LogP contribution in [0.15, 0.2) is 18.2 Å². The summed E-state index contributed by atoms with van der Waals surface area (Å²) < 4.78 is 36.0. The second-order valence-corrected chi connectivity index (χ2v) is 7.55. The van der Waals surface area contributed by atoms with E-state index < -0.39 is 6.61 Å². The molecule has 2 saturated heterocycles. The quantitative estimate of drug-likeness (QED) is 0.658. The maximum absolute atomic E-state index is 12.9. The Bertz CT molecular complexity index is 661. The zero-order chi connectivity index (χ0) is 20.6. The van der Waals surface area contributed by atoms with E-state index in [9.17, 15) is 13.6 Å². The van der Waals surface area contributed by atoms with Crippen LogP contribution in [0.5, 0.6) is 11.5 Å². The predicted molar refractivity (Wildman–Crippen MR) is 106 cm³/mol. The number of carbonyl (C=O) groups excluding carboxylic acids is 1. The van der Waals surface area contributed by atoms with Crippen molar-refractivity contribution in [2.75, 3.05) is 52.4 Å². The average molecular weight is 411 g/mol. The van der Waals surface area contributed by atoms with Gasteiger partial charge in [0.05, 0.1) is 13.2 Å². The highest BCUT2D eigenvalue weighted by Crippen LogP contribution is 2.33. The summed E-state index contributed by atoms with van der Waals surface area (Å²) in [5, 5.41) is 0. The summed E-state index contributed by atoms with van der Waals surface area (Å²) in [5.41, 5.74) is 0.689. The fraction of sp³-hybridized carbons (Fsp3) is 0.667. The first-order chi connectivity index (χ1) is 14.1. The lowest BCUT2D eigenvalue weighted by molar-refractivity contribution is -0.133. The molecule has 0 spiro atoms. The molecule has 0 bridgehead atoms. The fourth-order valence-corrected chi connectivity index (χ4v) is 3.96. The number of amides is 1. The number of piperazine rings is 1. The molecule has 0 saturated carbocycles. The van der Waals surface area contributed by atoms with Crippen molar-refractivity contribution in [3.63, 3.8) is 0 Å². The molecule has 1 amide bonds. The molecule has 2 aliphatic rings. The van der Waals surface area contributed by atoms with Crippen LogP contribution in [0.25, 0.3) is 0 Å². The number of likely N-dealkylation sites (tertiary alicyclic amines) is 1. The Kier molecular flexibility index (Phi) is 8.06. The van der Waals surface area contributed by atoms with Crippen molar-refractivity contribution in [3.05, 3.63) is 23.8 Å². The van der Waals surface area contributed by atoms with Crippen molar-refractivity contribution < 1.29 is 23.0 Å². The van der Waals surface area contributed by atoms with Gasteiger partial charge in [-0.2, -0.15) is 8.78 Å². The lowest BCUT2D eigenvalue weighted by Gasteiger charge is -2.36. The first-order valence-corrected chi connectivity index (χ1v) is 10.5. The van der Waals surface area contributed by atoms with E-state index in [0.29, 0.717) is 31.0 Å². The summed E-state index contributed by atoms with van der Waals surface area (Å²) >= 11 is 0. The predicted octanol–water partition coefficient (Wildman–Crippen LogP) is 2.82. The van der Waals surface area contributed by atoms with Crippen LogP contribution in [0.3, 0.4) is 0 Å². The Morgan fingerprint density at radius 1 is 1.03 bits per heavy atom. The van der Waals surface area contributed by atoms with Crippen LogP contribution in [0.4, 0.5) is 8.78 Å². The van der Waals surface area contributed by atoms with E-state index in [2.05, 4.69) is 9.80 Å². The van der Waals surface area contributed by atoms with Crippen LogP contribution in [0.1, 0.15) is 31.7 Å². The van der Waals surface area contributed by atoms with Crippen LogP contribution >= 0.6 is 0 Å². The molecule has 1 aromatic carbocycles. The normalized spacial score (nSPS) is 18.8. The van der Waals surface area contributed by atoms with Gasteiger partial charge < -0.3 is 14.4 Å². The Morgan fingerprint density at radius 3 is 2.38 bits per heavy atom.